The lowest BCUT2D eigenvalue weighted by molar-refractivity contribution is -0.122. The lowest BCUT2D eigenvalue weighted by atomic mass is 9.98. The number of nitrogens with one attached hydrogen (secondary N) is 1. The molecular weight excluding hydrogens is 588 g/mol. The second-order valence-corrected chi connectivity index (χ2v) is 11.3. The first kappa shape index (κ1) is 30.5. The molecule has 2 heterocycles. The molecule has 0 aliphatic carbocycles. The van der Waals surface area contributed by atoms with Crippen molar-refractivity contribution < 1.29 is 23.8 Å². The number of nitrogens with zero attached hydrogens (tertiary/aromatic N) is 3. The number of thioether (sulfide) groups is 1. The molecule has 4 aromatic rings. The molecule has 1 N–H and O–H groups in total. The molecule has 0 fully saturated rings. The fraction of sp³-hybridized carbons (Fsp3) is 0.281. The predicted octanol–water partition coefficient (Wildman–Crippen LogP) is 5.53. The SMILES string of the molecule is COCCCNC(=O)CN1C(=O)CS[C@@H](c2cc(OC)ccc2OC)c2c(-c3ccccc3)nn(-c3ccccc3Cl)c21. The zero-order chi connectivity index (χ0) is 30.3. The summed E-state index contributed by atoms with van der Waals surface area (Å²) in [5, 5.41) is 8.06. The molecule has 0 saturated heterocycles. The fourth-order valence-electron chi connectivity index (χ4n) is 5.05. The Kier molecular flexibility index (Phi) is 9.91. The predicted molar refractivity (Wildman–Crippen MR) is 170 cm³/mol. The first-order valence-electron chi connectivity index (χ1n) is 13.8. The Morgan fingerprint density at radius 3 is 2.53 bits per heavy atom. The van der Waals surface area contributed by atoms with Crippen LogP contribution < -0.4 is 19.7 Å². The minimum Gasteiger partial charge on any atom is -0.497 e. The number of rotatable bonds is 11. The molecule has 1 atom stereocenters. The maximum absolute atomic E-state index is 13.9. The molecular formula is C32H33ClN4O5S. The largest absolute Gasteiger partial charge is 0.497 e. The minimum absolute atomic E-state index is 0.118. The van der Waals surface area contributed by atoms with E-state index in [9.17, 15) is 9.59 Å². The van der Waals surface area contributed by atoms with E-state index < -0.39 is 5.25 Å². The molecule has 1 aromatic heterocycles. The smallest absolute Gasteiger partial charge is 0.240 e. The highest BCUT2D eigenvalue weighted by Crippen LogP contribution is 2.51. The monoisotopic (exact) mass is 620 g/mol. The van der Waals surface area contributed by atoms with Crippen LogP contribution in [0.15, 0.2) is 72.8 Å². The van der Waals surface area contributed by atoms with Gasteiger partial charge < -0.3 is 19.5 Å². The van der Waals surface area contributed by atoms with Crippen LogP contribution >= 0.6 is 23.4 Å². The molecule has 0 unspecified atom stereocenters. The highest BCUT2D eigenvalue weighted by Gasteiger charge is 2.39. The van der Waals surface area contributed by atoms with Gasteiger partial charge in [0.2, 0.25) is 11.8 Å². The van der Waals surface area contributed by atoms with Gasteiger partial charge in [0.25, 0.3) is 0 Å². The van der Waals surface area contributed by atoms with Gasteiger partial charge in [-0.25, -0.2) is 4.68 Å². The van der Waals surface area contributed by atoms with Gasteiger partial charge in [-0.1, -0.05) is 54.1 Å². The Balaban J connectivity index is 1.76. The standard InChI is InChI=1S/C32H33ClN4O5S/c1-40-17-9-16-34-27(38)19-36-28(39)20-43-31(23-18-22(41-2)14-15-26(23)42-3)29-30(21-10-5-4-6-11-21)35-37(32(29)36)25-13-8-7-12-24(25)33/h4-8,10-15,18,31H,9,16-17,19-20H2,1-3H3,(H,34,38)/t31-/m0/s1. The van der Waals surface area contributed by atoms with E-state index in [1.54, 1.807) is 32.1 Å². The normalized spacial score (nSPS) is 14.7. The van der Waals surface area contributed by atoms with Gasteiger partial charge in [0.1, 0.15) is 23.9 Å². The topological polar surface area (TPSA) is 94.9 Å². The third-order valence-corrected chi connectivity index (χ3v) is 8.64. The van der Waals surface area contributed by atoms with Crippen LogP contribution in [-0.2, 0) is 14.3 Å². The summed E-state index contributed by atoms with van der Waals surface area (Å²) in [7, 11) is 4.84. The summed E-state index contributed by atoms with van der Waals surface area (Å²) in [5.74, 6) is 1.38. The number of hydrogen-bond acceptors (Lipinski definition) is 7. The number of ether oxygens (including phenoxy) is 3. The number of benzene rings is 3. The van der Waals surface area contributed by atoms with Crippen molar-refractivity contribution in [3.05, 3.63) is 88.9 Å². The number of methoxy groups -OCH3 is 3. The quantitative estimate of drug-likeness (QED) is 0.220. The van der Waals surface area contributed by atoms with Gasteiger partial charge in [-0.3, -0.25) is 14.5 Å². The molecule has 0 saturated carbocycles. The molecule has 2 amide bonds. The Morgan fingerprint density at radius 1 is 1.05 bits per heavy atom. The van der Waals surface area contributed by atoms with E-state index in [4.69, 9.17) is 30.9 Å². The third-order valence-electron chi connectivity index (χ3n) is 7.09. The van der Waals surface area contributed by atoms with E-state index >= 15 is 0 Å². The van der Waals surface area contributed by atoms with Crippen molar-refractivity contribution in [3.63, 3.8) is 0 Å². The second kappa shape index (κ2) is 14.0. The number of fused-ring (bicyclic) bond motifs is 1. The molecule has 1 aliphatic heterocycles. The molecule has 0 radical (unpaired) electrons. The maximum Gasteiger partial charge on any atom is 0.240 e. The molecule has 43 heavy (non-hydrogen) atoms. The Labute approximate surface area is 260 Å². The van der Waals surface area contributed by atoms with E-state index in [1.807, 2.05) is 66.7 Å². The van der Waals surface area contributed by atoms with Crippen LogP contribution in [0.3, 0.4) is 0 Å². The summed E-state index contributed by atoms with van der Waals surface area (Å²) >= 11 is 8.18. The van der Waals surface area contributed by atoms with Crippen LogP contribution in [0, 0.1) is 0 Å². The second-order valence-electron chi connectivity index (χ2n) is 9.79. The van der Waals surface area contributed by atoms with Crippen molar-refractivity contribution in [1.82, 2.24) is 15.1 Å². The van der Waals surface area contributed by atoms with Crippen molar-refractivity contribution in [1.29, 1.82) is 0 Å². The molecule has 0 bridgehead atoms. The number of aromatic nitrogens is 2. The molecule has 3 aromatic carbocycles. The third kappa shape index (κ3) is 6.51. The zero-order valence-electron chi connectivity index (χ0n) is 24.2. The highest BCUT2D eigenvalue weighted by atomic mass is 35.5. The number of amides is 2. The van der Waals surface area contributed by atoms with E-state index in [0.29, 0.717) is 53.3 Å². The summed E-state index contributed by atoms with van der Waals surface area (Å²) in [6.07, 6.45) is 0.657. The van der Waals surface area contributed by atoms with Crippen LogP contribution in [0.4, 0.5) is 5.82 Å². The molecule has 0 spiro atoms. The van der Waals surface area contributed by atoms with Crippen LogP contribution in [0.25, 0.3) is 16.9 Å². The highest BCUT2D eigenvalue weighted by molar-refractivity contribution is 8.00. The van der Waals surface area contributed by atoms with Crippen molar-refractivity contribution >= 4 is 41.0 Å². The number of hydrogen-bond donors (Lipinski definition) is 1. The summed E-state index contributed by atoms with van der Waals surface area (Å²) in [6, 6.07) is 22.7. The van der Waals surface area contributed by atoms with Crippen molar-refractivity contribution in [2.45, 2.75) is 11.7 Å². The maximum atomic E-state index is 13.9. The van der Waals surface area contributed by atoms with E-state index in [0.717, 1.165) is 16.7 Å². The molecule has 11 heteroatoms. The summed E-state index contributed by atoms with van der Waals surface area (Å²) < 4.78 is 18.2. The number of anilines is 1. The molecule has 5 rings (SSSR count). The van der Waals surface area contributed by atoms with Crippen LogP contribution in [0.2, 0.25) is 5.02 Å². The first-order chi connectivity index (χ1) is 21.0. The Morgan fingerprint density at radius 2 is 1.81 bits per heavy atom. The molecule has 1 aliphatic rings. The van der Waals surface area contributed by atoms with E-state index in [1.165, 1.54) is 16.7 Å². The average Bonchev–Trinajstić information content (AvgIpc) is 3.35. The molecule has 9 nitrogen and oxygen atoms in total. The van der Waals surface area contributed by atoms with Gasteiger partial charge in [0.15, 0.2) is 0 Å². The minimum atomic E-state index is -0.398. The van der Waals surface area contributed by atoms with Crippen molar-refractivity contribution in [2.75, 3.05) is 51.7 Å². The van der Waals surface area contributed by atoms with Crippen LogP contribution in [0.1, 0.15) is 22.8 Å². The Bertz CT molecular complexity index is 1600. The number of carbonyl (C=O) groups is 2. The zero-order valence-corrected chi connectivity index (χ0v) is 25.8. The lowest BCUT2D eigenvalue weighted by Crippen LogP contribution is -2.42. The van der Waals surface area contributed by atoms with Gasteiger partial charge in [0.05, 0.1) is 41.6 Å². The summed E-state index contributed by atoms with van der Waals surface area (Å²) in [5.41, 5.74) is 3.70. The molecule has 224 valence electrons. The van der Waals surface area contributed by atoms with Gasteiger partial charge in [-0.2, -0.15) is 5.10 Å². The summed E-state index contributed by atoms with van der Waals surface area (Å²) in [6.45, 7) is 0.762. The van der Waals surface area contributed by atoms with Gasteiger partial charge in [0, 0.05) is 37.0 Å². The van der Waals surface area contributed by atoms with Crippen LogP contribution in [-0.4, -0.2) is 68.4 Å². The van der Waals surface area contributed by atoms with Crippen molar-refractivity contribution in [2.24, 2.45) is 0 Å². The van der Waals surface area contributed by atoms with Gasteiger partial charge >= 0.3 is 0 Å². The van der Waals surface area contributed by atoms with Crippen LogP contribution in [0.5, 0.6) is 11.5 Å². The Hall–Kier alpha value is -3.99. The van der Waals surface area contributed by atoms with E-state index in [2.05, 4.69) is 5.32 Å². The van der Waals surface area contributed by atoms with E-state index in [-0.39, 0.29) is 24.1 Å². The number of halogens is 1. The van der Waals surface area contributed by atoms with Gasteiger partial charge in [-0.05, 0) is 36.8 Å². The first-order valence-corrected chi connectivity index (χ1v) is 15.2. The number of carbonyl (C=O) groups excluding carboxylic acids is 2. The van der Waals surface area contributed by atoms with Crippen molar-refractivity contribution in [3.8, 4) is 28.4 Å². The van der Waals surface area contributed by atoms with Gasteiger partial charge in [-0.15, -0.1) is 11.8 Å². The number of para-hydroxylation sites is 1. The summed E-state index contributed by atoms with van der Waals surface area (Å²) in [4.78, 5) is 28.7. The average molecular weight is 621 g/mol. The lowest BCUT2D eigenvalue weighted by Gasteiger charge is -2.24. The fourth-order valence-corrected chi connectivity index (χ4v) is 6.48.